The van der Waals surface area contributed by atoms with Gasteiger partial charge in [-0.25, -0.2) is 9.78 Å². The third-order valence-electron chi connectivity index (χ3n) is 4.59. The van der Waals surface area contributed by atoms with Crippen LogP contribution in [0.15, 0.2) is 45.7 Å². The van der Waals surface area contributed by atoms with Gasteiger partial charge < -0.3 is 19.2 Å². The van der Waals surface area contributed by atoms with Crippen molar-refractivity contribution in [2.75, 3.05) is 14.2 Å². The molecule has 0 aliphatic heterocycles. The van der Waals surface area contributed by atoms with Crippen LogP contribution >= 0.6 is 0 Å². The third kappa shape index (κ3) is 4.31. The summed E-state index contributed by atoms with van der Waals surface area (Å²) in [6.45, 7) is 2.23. The van der Waals surface area contributed by atoms with E-state index in [9.17, 15) is 9.59 Å². The summed E-state index contributed by atoms with van der Waals surface area (Å²) >= 11 is 0. The first-order valence-electron chi connectivity index (χ1n) is 8.87. The number of hydrogen-bond acceptors (Lipinski definition) is 6. The number of nitrogens with zero attached hydrogens (tertiary/aromatic N) is 1. The fraction of sp³-hybridized carbons (Fsp3) is 0.286. The second kappa shape index (κ2) is 8.56. The van der Waals surface area contributed by atoms with E-state index in [1.165, 1.54) is 7.11 Å². The van der Waals surface area contributed by atoms with E-state index in [0.717, 1.165) is 16.5 Å². The molecule has 0 fully saturated rings. The fourth-order valence-electron chi connectivity index (χ4n) is 2.99. The number of methoxy groups -OCH3 is 2. The molecule has 0 radical (unpaired) electrons. The number of ether oxygens (including phenoxy) is 2. The molecule has 146 valence electrons. The predicted octanol–water partition coefficient (Wildman–Crippen LogP) is 2.76. The van der Waals surface area contributed by atoms with Gasteiger partial charge in [-0.05, 0) is 42.7 Å². The zero-order valence-electron chi connectivity index (χ0n) is 16.1. The molecular weight excluding hydrogens is 360 g/mol. The summed E-state index contributed by atoms with van der Waals surface area (Å²) in [5.41, 5.74) is 2.26. The van der Waals surface area contributed by atoms with E-state index in [-0.39, 0.29) is 12.3 Å². The van der Waals surface area contributed by atoms with Gasteiger partial charge in [0.05, 0.1) is 14.2 Å². The number of nitrogens with one attached hydrogen (secondary N) is 1. The monoisotopic (exact) mass is 382 g/mol. The standard InChI is InChI=1S/C21H22N2O5/c1-13-16-5-4-15(26-2)11-18(16)28-21(25)17(13)6-7-19(24)23-12-14-8-9-22-20(10-14)27-3/h4-5,8-11H,6-7,12H2,1-3H3,(H,23,24). The Morgan fingerprint density at radius 2 is 2.00 bits per heavy atom. The SMILES string of the molecule is COc1ccc2c(C)c(CCC(=O)NCc3ccnc(OC)c3)c(=O)oc2c1. The molecule has 1 aromatic carbocycles. The molecule has 2 heterocycles. The lowest BCUT2D eigenvalue weighted by Gasteiger charge is -2.09. The van der Waals surface area contributed by atoms with E-state index in [0.29, 0.717) is 35.7 Å². The lowest BCUT2D eigenvalue weighted by Crippen LogP contribution is -2.24. The summed E-state index contributed by atoms with van der Waals surface area (Å²) in [6, 6.07) is 8.92. The molecule has 7 heteroatoms. The van der Waals surface area contributed by atoms with Gasteiger partial charge in [0, 0.05) is 42.2 Å². The Labute approximate surface area is 162 Å². The van der Waals surface area contributed by atoms with E-state index in [2.05, 4.69) is 10.3 Å². The number of hydrogen-bond donors (Lipinski definition) is 1. The van der Waals surface area contributed by atoms with Crippen LogP contribution in [0.3, 0.4) is 0 Å². The summed E-state index contributed by atoms with van der Waals surface area (Å²) in [6.07, 6.45) is 2.12. The van der Waals surface area contributed by atoms with Crippen molar-refractivity contribution in [2.24, 2.45) is 0 Å². The van der Waals surface area contributed by atoms with Gasteiger partial charge in [0.25, 0.3) is 0 Å². The van der Waals surface area contributed by atoms with Crippen LogP contribution < -0.4 is 20.4 Å². The van der Waals surface area contributed by atoms with E-state index in [1.54, 1.807) is 31.5 Å². The van der Waals surface area contributed by atoms with Crippen LogP contribution in [0.4, 0.5) is 0 Å². The minimum absolute atomic E-state index is 0.149. The van der Waals surface area contributed by atoms with Crippen molar-refractivity contribution in [3.05, 3.63) is 63.6 Å². The molecule has 2 aromatic heterocycles. The molecule has 0 saturated heterocycles. The highest BCUT2D eigenvalue weighted by Crippen LogP contribution is 2.24. The van der Waals surface area contributed by atoms with Crippen LogP contribution in [0.1, 0.15) is 23.1 Å². The molecule has 0 saturated carbocycles. The van der Waals surface area contributed by atoms with Crippen LogP contribution in [0.2, 0.25) is 0 Å². The minimum Gasteiger partial charge on any atom is -0.497 e. The molecular formula is C21H22N2O5. The highest BCUT2D eigenvalue weighted by atomic mass is 16.5. The first-order valence-corrected chi connectivity index (χ1v) is 8.87. The molecule has 1 N–H and O–H groups in total. The van der Waals surface area contributed by atoms with Gasteiger partial charge in [0.2, 0.25) is 11.8 Å². The molecule has 3 rings (SSSR count). The van der Waals surface area contributed by atoms with E-state index in [1.807, 2.05) is 19.1 Å². The van der Waals surface area contributed by atoms with Gasteiger partial charge >= 0.3 is 5.63 Å². The normalized spacial score (nSPS) is 10.7. The maximum absolute atomic E-state index is 12.4. The number of aromatic nitrogens is 1. The maximum atomic E-state index is 12.4. The first-order chi connectivity index (χ1) is 13.5. The largest absolute Gasteiger partial charge is 0.497 e. The Morgan fingerprint density at radius 3 is 2.75 bits per heavy atom. The smallest absolute Gasteiger partial charge is 0.339 e. The molecule has 0 unspecified atom stereocenters. The molecule has 1 amide bonds. The van der Waals surface area contributed by atoms with Crippen LogP contribution in [-0.2, 0) is 17.8 Å². The van der Waals surface area contributed by atoms with E-state index < -0.39 is 5.63 Å². The number of carbonyl (C=O) groups excluding carboxylic acids is 1. The summed E-state index contributed by atoms with van der Waals surface area (Å²) in [5, 5.41) is 3.67. The van der Waals surface area contributed by atoms with Crippen LogP contribution in [0, 0.1) is 6.92 Å². The average Bonchev–Trinajstić information content (AvgIpc) is 2.71. The van der Waals surface area contributed by atoms with Crippen LogP contribution in [0.25, 0.3) is 11.0 Å². The van der Waals surface area contributed by atoms with Crippen molar-refractivity contribution in [3.63, 3.8) is 0 Å². The molecule has 0 atom stereocenters. The Hall–Kier alpha value is -3.35. The second-order valence-electron chi connectivity index (χ2n) is 6.34. The molecule has 0 aliphatic carbocycles. The highest BCUT2D eigenvalue weighted by molar-refractivity contribution is 5.82. The molecule has 0 aliphatic rings. The van der Waals surface area contributed by atoms with Gasteiger partial charge in [0.15, 0.2) is 0 Å². The molecule has 3 aromatic rings. The zero-order chi connectivity index (χ0) is 20.1. The van der Waals surface area contributed by atoms with Crippen molar-refractivity contribution >= 4 is 16.9 Å². The summed E-state index contributed by atoms with van der Waals surface area (Å²) in [4.78, 5) is 28.6. The first kappa shape index (κ1) is 19.4. The Balaban J connectivity index is 1.67. The van der Waals surface area contributed by atoms with Gasteiger partial charge in [-0.15, -0.1) is 0 Å². The molecule has 0 spiro atoms. The molecule has 28 heavy (non-hydrogen) atoms. The molecule has 7 nitrogen and oxygen atoms in total. The van der Waals surface area contributed by atoms with Gasteiger partial charge in [0.1, 0.15) is 11.3 Å². The number of carbonyl (C=O) groups is 1. The average molecular weight is 382 g/mol. The molecule has 0 bridgehead atoms. The number of aryl methyl sites for hydroxylation is 1. The summed E-state index contributed by atoms with van der Waals surface area (Å²) in [5.74, 6) is 0.965. The number of fused-ring (bicyclic) bond motifs is 1. The topological polar surface area (TPSA) is 90.7 Å². The van der Waals surface area contributed by atoms with Crippen molar-refractivity contribution in [2.45, 2.75) is 26.3 Å². The second-order valence-corrected chi connectivity index (χ2v) is 6.34. The van der Waals surface area contributed by atoms with Crippen molar-refractivity contribution in [1.29, 1.82) is 0 Å². The van der Waals surface area contributed by atoms with Gasteiger partial charge in [-0.2, -0.15) is 0 Å². The maximum Gasteiger partial charge on any atom is 0.339 e. The van der Waals surface area contributed by atoms with Crippen LogP contribution in [0.5, 0.6) is 11.6 Å². The Kier molecular flexibility index (Phi) is 5.93. The fourth-order valence-corrected chi connectivity index (χ4v) is 2.99. The van der Waals surface area contributed by atoms with Gasteiger partial charge in [-0.1, -0.05) is 0 Å². The Morgan fingerprint density at radius 1 is 1.18 bits per heavy atom. The van der Waals surface area contributed by atoms with Crippen molar-refractivity contribution < 1.29 is 18.7 Å². The highest BCUT2D eigenvalue weighted by Gasteiger charge is 2.13. The van der Waals surface area contributed by atoms with Crippen molar-refractivity contribution in [3.8, 4) is 11.6 Å². The summed E-state index contributed by atoms with van der Waals surface area (Å²) in [7, 11) is 3.10. The summed E-state index contributed by atoms with van der Waals surface area (Å²) < 4.78 is 15.6. The van der Waals surface area contributed by atoms with E-state index in [4.69, 9.17) is 13.9 Å². The quantitative estimate of drug-likeness (QED) is 0.632. The number of pyridine rings is 1. The zero-order valence-corrected chi connectivity index (χ0v) is 16.1. The lowest BCUT2D eigenvalue weighted by molar-refractivity contribution is -0.121. The van der Waals surface area contributed by atoms with Crippen LogP contribution in [-0.4, -0.2) is 25.1 Å². The van der Waals surface area contributed by atoms with Crippen molar-refractivity contribution in [1.82, 2.24) is 10.3 Å². The Bertz CT molecular complexity index is 1060. The predicted molar refractivity (Wildman–Crippen MR) is 105 cm³/mol. The van der Waals surface area contributed by atoms with Gasteiger partial charge in [-0.3, -0.25) is 4.79 Å². The lowest BCUT2D eigenvalue weighted by atomic mass is 10.0. The number of amides is 1. The minimum atomic E-state index is -0.426. The van der Waals surface area contributed by atoms with E-state index >= 15 is 0 Å². The number of rotatable bonds is 7. The third-order valence-corrected chi connectivity index (χ3v) is 4.59. The number of benzene rings is 1.